The first-order valence-electron chi connectivity index (χ1n) is 9.81. The maximum absolute atomic E-state index is 12.2. The Labute approximate surface area is 171 Å². The number of fused-ring (bicyclic) bond motifs is 3. The molecular formula is C25H24N2O2. The van der Waals surface area contributed by atoms with Crippen LogP contribution in [0.15, 0.2) is 78.9 Å². The van der Waals surface area contributed by atoms with Crippen LogP contribution in [0.5, 0.6) is 0 Å². The summed E-state index contributed by atoms with van der Waals surface area (Å²) in [5.74, 6) is 0.0696. The normalized spacial score (nSPS) is 12.6. The Morgan fingerprint density at radius 2 is 1.55 bits per heavy atom. The zero-order valence-electron chi connectivity index (χ0n) is 16.2. The summed E-state index contributed by atoms with van der Waals surface area (Å²) in [6.45, 7) is 1.20. The lowest BCUT2D eigenvalue weighted by molar-refractivity contribution is 0.144. The van der Waals surface area contributed by atoms with E-state index >= 15 is 0 Å². The monoisotopic (exact) mass is 384 g/mol. The van der Waals surface area contributed by atoms with Gasteiger partial charge in [0, 0.05) is 19.0 Å². The number of hydrogen-bond donors (Lipinski definition) is 2. The maximum atomic E-state index is 12.2. The molecule has 146 valence electrons. The van der Waals surface area contributed by atoms with Crippen LogP contribution in [0.25, 0.3) is 17.2 Å². The van der Waals surface area contributed by atoms with Crippen LogP contribution in [0.1, 0.15) is 28.2 Å². The van der Waals surface area contributed by atoms with Crippen molar-refractivity contribution >= 4 is 12.2 Å². The molecule has 0 aromatic heterocycles. The van der Waals surface area contributed by atoms with E-state index in [4.69, 9.17) is 10.5 Å². The molecule has 0 radical (unpaired) electrons. The molecule has 29 heavy (non-hydrogen) atoms. The number of nitrogens with one attached hydrogen (secondary N) is 1. The SMILES string of the molecule is NCc1ccccc1C=CCNC(=O)OCC1c2ccccc2-c2ccccc21. The summed E-state index contributed by atoms with van der Waals surface area (Å²) < 4.78 is 5.53. The highest BCUT2D eigenvalue weighted by Gasteiger charge is 2.28. The van der Waals surface area contributed by atoms with Crippen molar-refractivity contribution in [1.82, 2.24) is 5.32 Å². The topological polar surface area (TPSA) is 64.3 Å². The van der Waals surface area contributed by atoms with E-state index < -0.39 is 6.09 Å². The molecule has 4 heteroatoms. The number of ether oxygens (including phenoxy) is 1. The van der Waals surface area contributed by atoms with E-state index in [1.807, 2.05) is 60.7 Å². The van der Waals surface area contributed by atoms with Crippen LogP contribution in [0.2, 0.25) is 0 Å². The molecular weight excluding hydrogens is 360 g/mol. The molecule has 0 saturated carbocycles. The molecule has 4 nitrogen and oxygen atoms in total. The summed E-state index contributed by atoms with van der Waals surface area (Å²) in [5, 5.41) is 2.78. The van der Waals surface area contributed by atoms with Crippen LogP contribution in [-0.4, -0.2) is 19.2 Å². The number of benzene rings is 3. The highest BCUT2D eigenvalue weighted by Crippen LogP contribution is 2.44. The maximum Gasteiger partial charge on any atom is 0.407 e. The highest BCUT2D eigenvalue weighted by atomic mass is 16.5. The van der Waals surface area contributed by atoms with E-state index in [1.54, 1.807) is 0 Å². The lowest BCUT2D eigenvalue weighted by Crippen LogP contribution is -2.26. The molecule has 0 aliphatic heterocycles. The van der Waals surface area contributed by atoms with Gasteiger partial charge in [0.2, 0.25) is 0 Å². The van der Waals surface area contributed by atoms with E-state index in [2.05, 4.69) is 29.6 Å². The summed E-state index contributed by atoms with van der Waals surface area (Å²) in [5.41, 5.74) is 12.7. The van der Waals surface area contributed by atoms with E-state index in [-0.39, 0.29) is 5.92 Å². The molecule has 0 heterocycles. The average Bonchev–Trinajstić information content (AvgIpc) is 3.09. The molecule has 0 bridgehead atoms. The van der Waals surface area contributed by atoms with E-state index in [9.17, 15) is 4.79 Å². The molecule has 3 aromatic rings. The third kappa shape index (κ3) is 4.08. The molecule has 0 atom stereocenters. The smallest absolute Gasteiger partial charge is 0.407 e. The van der Waals surface area contributed by atoms with Gasteiger partial charge in [0.1, 0.15) is 6.61 Å². The van der Waals surface area contributed by atoms with Crippen molar-refractivity contribution in [2.75, 3.05) is 13.2 Å². The third-order valence-electron chi connectivity index (χ3n) is 5.28. The Bertz CT molecular complexity index is 997. The van der Waals surface area contributed by atoms with Gasteiger partial charge in [0.05, 0.1) is 0 Å². The van der Waals surface area contributed by atoms with Crippen LogP contribution in [0.3, 0.4) is 0 Å². The second-order valence-corrected chi connectivity index (χ2v) is 7.01. The average molecular weight is 384 g/mol. The van der Waals surface area contributed by atoms with Gasteiger partial charge in [0.15, 0.2) is 0 Å². The fourth-order valence-corrected chi connectivity index (χ4v) is 3.86. The highest BCUT2D eigenvalue weighted by molar-refractivity contribution is 5.79. The van der Waals surface area contributed by atoms with Crippen molar-refractivity contribution < 1.29 is 9.53 Å². The van der Waals surface area contributed by atoms with Crippen molar-refractivity contribution in [3.63, 3.8) is 0 Å². The predicted molar refractivity (Wildman–Crippen MR) is 116 cm³/mol. The van der Waals surface area contributed by atoms with Gasteiger partial charge in [-0.15, -0.1) is 0 Å². The molecule has 1 aliphatic rings. The molecule has 4 rings (SSSR count). The lowest BCUT2D eigenvalue weighted by atomic mass is 9.98. The number of carbonyl (C=O) groups is 1. The number of rotatable bonds is 6. The molecule has 3 N–H and O–H groups in total. The first-order valence-corrected chi connectivity index (χ1v) is 9.81. The third-order valence-corrected chi connectivity index (χ3v) is 5.28. The van der Waals surface area contributed by atoms with Crippen LogP contribution in [0.4, 0.5) is 4.79 Å². The summed E-state index contributed by atoms with van der Waals surface area (Å²) in [6.07, 6.45) is 3.45. The van der Waals surface area contributed by atoms with Crippen LogP contribution in [-0.2, 0) is 11.3 Å². The Balaban J connectivity index is 1.34. The lowest BCUT2D eigenvalue weighted by Gasteiger charge is -2.14. The van der Waals surface area contributed by atoms with Gasteiger partial charge in [-0.2, -0.15) is 0 Å². The van der Waals surface area contributed by atoms with Gasteiger partial charge in [0.25, 0.3) is 0 Å². The summed E-state index contributed by atoms with van der Waals surface area (Å²) in [6, 6.07) is 24.6. The second kappa shape index (κ2) is 8.76. The van der Waals surface area contributed by atoms with Gasteiger partial charge in [-0.1, -0.05) is 84.9 Å². The molecule has 1 aliphatic carbocycles. The number of nitrogens with two attached hydrogens (primary N) is 1. The minimum atomic E-state index is -0.413. The molecule has 3 aromatic carbocycles. The van der Waals surface area contributed by atoms with Gasteiger partial charge >= 0.3 is 6.09 Å². The van der Waals surface area contributed by atoms with Crippen molar-refractivity contribution in [2.24, 2.45) is 5.73 Å². The van der Waals surface area contributed by atoms with Gasteiger partial charge < -0.3 is 15.8 Å². The van der Waals surface area contributed by atoms with E-state index in [0.717, 1.165) is 11.1 Å². The first-order chi connectivity index (χ1) is 14.3. The number of hydrogen-bond acceptors (Lipinski definition) is 3. The fourth-order valence-electron chi connectivity index (χ4n) is 3.86. The minimum Gasteiger partial charge on any atom is -0.449 e. The van der Waals surface area contributed by atoms with Crippen molar-refractivity contribution in [1.29, 1.82) is 0 Å². The summed E-state index contributed by atoms with van der Waals surface area (Å²) in [7, 11) is 0. The Morgan fingerprint density at radius 1 is 0.931 bits per heavy atom. The number of alkyl carbamates (subject to hydrolysis) is 1. The second-order valence-electron chi connectivity index (χ2n) is 7.01. The number of amides is 1. The number of carbonyl (C=O) groups excluding carboxylic acids is 1. The zero-order chi connectivity index (χ0) is 20.1. The van der Waals surface area contributed by atoms with Crippen LogP contribution >= 0.6 is 0 Å². The van der Waals surface area contributed by atoms with Crippen molar-refractivity contribution in [3.8, 4) is 11.1 Å². The molecule has 0 spiro atoms. The molecule has 1 amide bonds. The largest absolute Gasteiger partial charge is 0.449 e. The van der Waals surface area contributed by atoms with Gasteiger partial charge in [-0.25, -0.2) is 4.79 Å². The van der Waals surface area contributed by atoms with Crippen LogP contribution in [0, 0.1) is 0 Å². The first kappa shape index (κ1) is 19.0. The fraction of sp³-hybridized carbons (Fsp3) is 0.160. The van der Waals surface area contributed by atoms with E-state index in [0.29, 0.717) is 19.7 Å². The van der Waals surface area contributed by atoms with Crippen LogP contribution < -0.4 is 11.1 Å². The van der Waals surface area contributed by atoms with Crippen molar-refractivity contribution in [2.45, 2.75) is 12.5 Å². The van der Waals surface area contributed by atoms with Crippen molar-refractivity contribution in [3.05, 3.63) is 101 Å². The quantitative estimate of drug-likeness (QED) is 0.648. The van der Waals surface area contributed by atoms with E-state index in [1.165, 1.54) is 22.3 Å². The summed E-state index contributed by atoms with van der Waals surface area (Å²) >= 11 is 0. The Hall–Kier alpha value is -3.37. The predicted octanol–water partition coefficient (Wildman–Crippen LogP) is 4.70. The zero-order valence-corrected chi connectivity index (χ0v) is 16.2. The minimum absolute atomic E-state index is 0.0696. The Morgan fingerprint density at radius 3 is 2.24 bits per heavy atom. The van der Waals surface area contributed by atoms with Gasteiger partial charge in [-0.3, -0.25) is 0 Å². The molecule has 0 unspecified atom stereocenters. The standard InChI is InChI=1S/C25H24N2O2/c26-16-19-9-2-1-8-18(19)10-7-15-27-25(28)29-17-24-22-13-5-3-11-20(22)21-12-4-6-14-23(21)24/h1-14,24H,15-17,26H2,(H,27,28). The Kier molecular flexibility index (Phi) is 5.73. The van der Waals surface area contributed by atoms with Gasteiger partial charge in [-0.05, 0) is 33.4 Å². The molecule has 0 fully saturated rings. The molecule has 0 saturated heterocycles. The summed E-state index contributed by atoms with van der Waals surface area (Å²) in [4.78, 5) is 12.2.